The maximum absolute atomic E-state index is 5.69. The lowest BCUT2D eigenvalue weighted by molar-refractivity contribution is 0.300. The van der Waals surface area contributed by atoms with E-state index < -0.39 is 0 Å². The Kier molecular flexibility index (Phi) is 4.52. The van der Waals surface area contributed by atoms with Crippen molar-refractivity contribution in [2.45, 2.75) is 33.9 Å². The minimum absolute atomic E-state index is 0.454. The fraction of sp³-hybridized carbons (Fsp3) is 0.429. The topological polar surface area (TPSA) is 60.2 Å². The Morgan fingerprint density at radius 2 is 2.16 bits per heavy atom. The molecule has 0 amide bonds. The fourth-order valence-corrected chi connectivity index (χ4v) is 1.72. The van der Waals surface area contributed by atoms with E-state index in [0.29, 0.717) is 6.61 Å². The third-order valence-corrected chi connectivity index (χ3v) is 2.92. The van der Waals surface area contributed by atoms with Gasteiger partial charge >= 0.3 is 0 Å². The average Bonchev–Trinajstić information content (AvgIpc) is 2.75. The number of hydrogen-bond acceptors (Lipinski definition) is 5. The summed E-state index contributed by atoms with van der Waals surface area (Å²) in [6.07, 6.45) is 1.74. The van der Waals surface area contributed by atoms with E-state index in [1.165, 1.54) is 0 Å². The molecule has 0 atom stereocenters. The van der Waals surface area contributed by atoms with Gasteiger partial charge in [0.05, 0.1) is 23.1 Å². The van der Waals surface area contributed by atoms with Gasteiger partial charge in [0.1, 0.15) is 18.1 Å². The van der Waals surface area contributed by atoms with Gasteiger partial charge in [-0.05, 0) is 32.5 Å². The highest BCUT2D eigenvalue weighted by atomic mass is 16.5. The van der Waals surface area contributed by atoms with Crippen LogP contribution in [0.4, 0.5) is 0 Å². The van der Waals surface area contributed by atoms with Crippen LogP contribution in [0.5, 0.6) is 5.75 Å². The summed E-state index contributed by atoms with van der Waals surface area (Å²) >= 11 is 0. The van der Waals surface area contributed by atoms with Crippen molar-refractivity contribution in [2.75, 3.05) is 6.54 Å². The monoisotopic (exact) mass is 261 g/mol. The number of nitrogens with one attached hydrogen (secondary N) is 1. The summed E-state index contributed by atoms with van der Waals surface area (Å²) in [7, 11) is 0. The van der Waals surface area contributed by atoms with E-state index in [9.17, 15) is 0 Å². The van der Waals surface area contributed by atoms with Crippen LogP contribution in [0.25, 0.3) is 0 Å². The Balaban J connectivity index is 1.93. The molecule has 0 spiro atoms. The molecule has 5 heteroatoms. The van der Waals surface area contributed by atoms with Gasteiger partial charge in [-0.2, -0.15) is 0 Å². The molecule has 102 valence electrons. The number of pyridine rings is 1. The molecular formula is C14H19N3O2. The van der Waals surface area contributed by atoms with E-state index >= 15 is 0 Å². The van der Waals surface area contributed by atoms with Crippen LogP contribution >= 0.6 is 0 Å². The summed E-state index contributed by atoms with van der Waals surface area (Å²) in [5, 5.41) is 7.13. The number of aromatic nitrogens is 2. The Morgan fingerprint density at radius 1 is 1.32 bits per heavy atom. The van der Waals surface area contributed by atoms with Crippen LogP contribution in [-0.4, -0.2) is 16.7 Å². The highest BCUT2D eigenvalue weighted by Gasteiger charge is 2.09. The van der Waals surface area contributed by atoms with Gasteiger partial charge in [-0.15, -0.1) is 0 Å². The maximum Gasteiger partial charge on any atom is 0.140 e. The summed E-state index contributed by atoms with van der Waals surface area (Å²) in [6.45, 7) is 8.03. The van der Waals surface area contributed by atoms with Crippen molar-refractivity contribution >= 4 is 0 Å². The van der Waals surface area contributed by atoms with Gasteiger partial charge in [0, 0.05) is 6.54 Å². The van der Waals surface area contributed by atoms with Crippen LogP contribution in [0.1, 0.15) is 29.6 Å². The highest BCUT2D eigenvalue weighted by Crippen LogP contribution is 2.16. The van der Waals surface area contributed by atoms with Gasteiger partial charge in [-0.25, -0.2) is 0 Å². The second kappa shape index (κ2) is 6.33. The van der Waals surface area contributed by atoms with Crippen molar-refractivity contribution in [3.05, 3.63) is 41.0 Å². The largest absolute Gasteiger partial charge is 0.487 e. The van der Waals surface area contributed by atoms with E-state index in [2.05, 4.69) is 22.4 Å². The third-order valence-electron chi connectivity index (χ3n) is 2.92. The second-order valence-corrected chi connectivity index (χ2v) is 4.36. The van der Waals surface area contributed by atoms with Gasteiger partial charge in [-0.3, -0.25) is 4.98 Å². The normalized spacial score (nSPS) is 10.7. The molecule has 0 aliphatic heterocycles. The lowest BCUT2D eigenvalue weighted by Gasteiger charge is -2.06. The minimum Gasteiger partial charge on any atom is -0.487 e. The first-order valence-corrected chi connectivity index (χ1v) is 6.41. The molecule has 0 unspecified atom stereocenters. The van der Waals surface area contributed by atoms with Gasteiger partial charge in [-0.1, -0.05) is 12.1 Å². The van der Waals surface area contributed by atoms with E-state index in [1.807, 2.05) is 26.0 Å². The zero-order valence-corrected chi connectivity index (χ0v) is 11.6. The molecule has 0 aromatic carbocycles. The minimum atomic E-state index is 0.454. The average molecular weight is 261 g/mol. The predicted molar refractivity (Wildman–Crippen MR) is 71.9 cm³/mol. The Hall–Kier alpha value is -1.88. The van der Waals surface area contributed by atoms with E-state index in [1.54, 1.807) is 6.20 Å². The molecule has 2 rings (SSSR count). The zero-order chi connectivity index (χ0) is 13.7. The molecule has 2 aromatic heterocycles. The Morgan fingerprint density at radius 3 is 2.74 bits per heavy atom. The molecule has 5 nitrogen and oxygen atoms in total. The van der Waals surface area contributed by atoms with Crippen LogP contribution in [-0.2, 0) is 13.2 Å². The van der Waals surface area contributed by atoms with Crippen LogP contribution in [0, 0.1) is 13.8 Å². The SMILES string of the molecule is CCNCc1ccc(OCc2c(C)noc2C)cn1. The molecule has 0 bridgehead atoms. The fourth-order valence-electron chi connectivity index (χ4n) is 1.72. The standard InChI is InChI=1S/C14H19N3O2/c1-4-15-7-12-5-6-13(8-16-12)18-9-14-10(2)17-19-11(14)3/h5-6,8,15H,4,7,9H2,1-3H3. The molecule has 19 heavy (non-hydrogen) atoms. The first-order chi connectivity index (χ1) is 9.20. The molecule has 2 aromatic rings. The van der Waals surface area contributed by atoms with Crippen molar-refractivity contribution in [3.63, 3.8) is 0 Å². The summed E-state index contributed by atoms with van der Waals surface area (Å²) in [6, 6.07) is 3.89. The quantitative estimate of drug-likeness (QED) is 0.865. The Bertz CT molecular complexity index is 500. The zero-order valence-electron chi connectivity index (χ0n) is 11.6. The van der Waals surface area contributed by atoms with Gasteiger partial charge < -0.3 is 14.6 Å². The van der Waals surface area contributed by atoms with E-state index in [4.69, 9.17) is 9.26 Å². The summed E-state index contributed by atoms with van der Waals surface area (Å²) in [4.78, 5) is 4.33. The maximum atomic E-state index is 5.69. The highest BCUT2D eigenvalue weighted by molar-refractivity contribution is 5.23. The Labute approximate surface area is 113 Å². The van der Waals surface area contributed by atoms with Crippen molar-refractivity contribution in [3.8, 4) is 5.75 Å². The molecule has 1 N–H and O–H groups in total. The van der Waals surface area contributed by atoms with Gasteiger partial charge in [0.2, 0.25) is 0 Å². The molecular weight excluding hydrogens is 242 g/mol. The lowest BCUT2D eigenvalue weighted by Crippen LogP contribution is -2.12. The van der Waals surface area contributed by atoms with Crippen molar-refractivity contribution in [1.82, 2.24) is 15.5 Å². The molecule has 0 aliphatic carbocycles. The molecule has 0 fully saturated rings. The van der Waals surface area contributed by atoms with E-state index in [-0.39, 0.29) is 0 Å². The molecule has 0 radical (unpaired) electrons. The first kappa shape index (κ1) is 13.5. The number of nitrogens with zero attached hydrogens (tertiary/aromatic N) is 2. The van der Waals surface area contributed by atoms with Crippen LogP contribution < -0.4 is 10.1 Å². The second-order valence-electron chi connectivity index (χ2n) is 4.36. The molecule has 0 saturated heterocycles. The van der Waals surface area contributed by atoms with Crippen molar-refractivity contribution < 1.29 is 9.26 Å². The van der Waals surface area contributed by atoms with Crippen LogP contribution in [0.2, 0.25) is 0 Å². The predicted octanol–water partition coefficient (Wildman–Crippen LogP) is 2.37. The number of hydrogen-bond donors (Lipinski definition) is 1. The lowest BCUT2D eigenvalue weighted by atomic mass is 10.2. The van der Waals surface area contributed by atoms with Gasteiger partial charge in [0.15, 0.2) is 0 Å². The van der Waals surface area contributed by atoms with Crippen LogP contribution in [0.15, 0.2) is 22.9 Å². The number of rotatable bonds is 6. The third kappa shape index (κ3) is 3.54. The summed E-state index contributed by atoms with van der Waals surface area (Å²) < 4.78 is 10.8. The smallest absolute Gasteiger partial charge is 0.140 e. The van der Waals surface area contributed by atoms with Gasteiger partial charge in [0.25, 0.3) is 0 Å². The summed E-state index contributed by atoms with van der Waals surface area (Å²) in [5.74, 6) is 1.55. The summed E-state index contributed by atoms with van der Waals surface area (Å²) in [5.41, 5.74) is 2.87. The van der Waals surface area contributed by atoms with E-state index in [0.717, 1.165) is 41.6 Å². The number of aryl methyl sites for hydroxylation is 2. The molecule has 2 heterocycles. The first-order valence-electron chi connectivity index (χ1n) is 6.41. The van der Waals surface area contributed by atoms with Crippen molar-refractivity contribution in [1.29, 1.82) is 0 Å². The molecule has 0 saturated carbocycles. The number of ether oxygens (including phenoxy) is 1. The molecule has 0 aliphatic rings. The van der Waals surface area contributed by atoms with Crippen LogP contribution in [0.3, 0.4) is 0 Å². The van der Waals surface area contributed by atoms with Crippen molar-refractivity contribution in [2.24, 2.45) is 0 Å².